The first-order valence-corrected chi connectivity index (χ1v) is 8.38. The molecule has 0 saturated carbocycles. The van der Waals surface area contributed by atoms with Gasteiger partial charge in [0.05, 0.1) is 15.1 Å². The summed E-state index contributed by atoms with van der Waals surface area (Å²) in [5.74, 6) is -0.459. The van der Waals surface area contributed by atoms with Crippen LogP contribution >= 0.6 is 15.9 Å². The van der Waals surface area contributed by atoms with Gasteiger partial charge in [0.2, 0.25) is 0 Å². The number of nitrogens with one attached hydrogen (secondary N) is 1. The van der Waals surface area contributed by atoms with E-state index in [2.05, 4.69) is 20.7 Å². The van der Waals surface area contributed by atoms with Crippen LogP contribution < -0.4 is 10.5 Å². The highest BCUT2D eigenvalue weighted by atomic mass is 79.9. The smallest absolute Gasteiger partial charge is 0.262 e. The zero-order chi connectivity index (χ0) is 15.6. The van der Waals surface area contributed by atoms with Gasteiger partial charge in [-0.25, -0.2) is 12.8 Å². The molecular weight excluding hydrogens is 359 g/mol. The molecule has 21 heavy (non-hydrogen) atoms. The van der Waals surface area contributed by atoms with Crippen LogP contribution in [0.1, 0.15) is 11.1 Å². The van der Waals surface area contributed by atoms with Crippen molar-refractivity contribution in [1.82, 2.24) is 0 Å². The van der Waals surface area contributed by atoms with Gasteiger partial charge in [-0.15, -0.1) is 0 Å². The first-order valence-electron chi connectivity index (χ1n) is 6.11. The lowest BCUT2D eigenvalue weighted by Gasteiger charge is -2.12. The third kappa shape index (κ3) is 3.61. The Morgan fingerprint density at radius 3 is 2.57 bits per heavy atom. The lowest BCUT2D eigenvalue weighted by molar-refractivity contribution is 0.600. The molecule has 2 rings (SSSR count). The van der Waals surface area contributed by atoms with Crippen molar-refractivity contribution in [1.29, 1.82) is 0 Å². The summed E-state index contributed by atoms with van der Waals surface area (Å²) in [4.78, 5) is 0.158. The second kappa shape index (κ2) is 6.13. The molecule has 0 aliphatic carbocycles. The van der Waals surface area contributed by atoms with Gasteiger partial charge in [-0.1, -0.05) is 12.1 Å². The number of rotatable bonds is 4. The van der Waals surface area contributed by atoms with Crippen molar-refractivity contribution in [2.45, 2.75) is 18.4 Å². The van der Waals surface area contributed by atoms with E-state index in [1.165, 1.54) is 24.3 Å². The fourth-order valence-corrected chi connectivity index (χ4v) is 3.56. The fourth-order valence-electron chi connectivity index (χ4n) is 1.83. The number of benzene rings is 2. The standard InChI is InChI=1S/C14H14BrFN2O2S/c1-9-2-3-10(8-17)6-14(9)21(19,20)18-11-4-5-13(16)12(15)7-11/h2-7,18H,8,17H2,1H3. The molecule has 0 aliphatic heterocycles. The van der Waals surface area contributed by atoms with Crippen LogP contribution in [0.15, 0.2) is 45.8 Å². The minimum Gasteiger partial charge on any atom is -0.326 e. The summed E-state index contributed by atoms with van der Waals surface area (Å²) >= 11 is 3.02. The van der Waals surface area contributed by atoms with Crippen molar-refractivity contribution < 1.29 is 12.8 Å². The predicted octanol–water partition coefficient (Wildman–Crippen LogP) is 3.16. The third-order valence-corrected chi connectivity index (χ3v) is 5.08. The van der Waals surface area contributed by atoms with E-state index >= 15 is 0 Å². The molecule has 0 aliphatic rings. The van der Waals surface area contributed by atoms with E-state index < -0.39 is 15.8 Å². The molecule has 0 saturated heterocycles. The predicted molar refractivity (Wildman–Crippen MR) is 84.0 cm³/mol. The molecule has 0 fully saturated rings. The molecule has 0 amide bonds. The summed E-state index contributed by atoms with van der Waals surface area (Å²) in [6.45, 7) is 1.96. The van der Waals surface area contributed by atoms with Gasteiger partial charge in [0.15, 0.2) is 0 Å². The summed E-state index contributed by atoms with van der Waals surface area (Å²) < 4.78 is 40.7. The van der Waals surface area contributed by atoms with Crippen molar-refractivity contribution in [3.8, 4) is 0 Å². The molecule has 2 aromatic rings. The Kier molecular flexibility index (Phi) is 4.65. The van der Waals surface area contributed by atoms with Crippen LogP contribution in [0.25, 0.3) is 0 Å². The van der Waals surface area contributed by atoms with Crippen LogP contribution in [0.5, 0.6) is 0 Å². The molecule has 0 heterocycles. The van der Waals surface area contributed by atoms with Crippen molar-refractivity contribution in [3.63, 3.8) is 0 Å². The van der Waals surface area contributed by atoms with Gasteiger partial charge in [0, 0.05) is 6.54 Å². The zero-order valence-corrected chi connectivity index (χ0v) is 13.6. The Bertz CT molecular complexity index is 779. The van der Waals surface area contributed by atoms with Crippen LogP contribution in [0.3, 0.4) is 0 Å². The quantitative estimate of drug-likeness (QED) is 0.865. The maximum Gasteiger partial charge on any atom is 0.262 e. The Morgan fingerprint density at radius 1 is 1.24 bits per heavy atom. The number of aryl methyl sites for hydroxylation is 1. The first-order chi connectivity index (χ1) is 9.83. The van der Waals surface area contributed by atoms with Crippen LogP contribution in [-0.2, 0) is 16.6 Å². The average Bonchev–Trinajstić information content (AvgIpc) is 2.43. The van der Waals surface area contributed by atoms with Crippen LogP contribution in [0, 0.1) is 12.7 Å². The molecule has 7 heteroatoms. The molecule has 0 aromatic heterocycles. The Balaban J connectivity index is 2.40. The highest BCUT2D eigenvalue weighted by Gasteiger charge is 2.18. The highest BCUT2D eigenvalue weighted by Crippen LogP contribution is 2.24. The van der Waals surface area contributed by atoms with E-state index in [0.29, 0.717) is 5.56 Å². The van der Waals surface area contributed by atoms with Gasteiger partial charge in [0.25, 0.3) is 10.0 Å². The van der Waals surface area contributed by atoms with Crippen molar-refractivity contribution in [2.75, 3.05) is 4.72 Å². The van der Waals surface area contributed by atoms with E-state index in [1.54, 1.807) is 19.1 Å². The van der Waals surface area contributed by atoms with Gasteiger partial charge < -0.3 is 5.73 Å². The number of halogens is 2. The minimum atomic E-state index is -3.76. The molecule has 0 bridgehead atoms. The van der Waals surface area contributed by atoms with E-state index in [4.69, 9.17) is 5.73 Å². The Morgan fingerprint density at radius 2 is 1.95 bits per heavy atom. The Labute approximate surface area is 131 Å². The topological polar surface area (TPSA) is 72.2 Å². The highest BCUT2D eigenvalue weighted by molar-refractivity contribution is 9.10. The number of hydrogen-bond donors (Lipinski definition) is 2. The molecule has 4 nitrogen and oxygen atoms in total. The number of sulfonamides is 1. The lowest BCUT2D eigenvalue weighted by Crippen LogP contribution is -2.15. The summed E-state index contributed by atoms with van der Waals surface area (Å²) in [5.41, 5.74) is 7.15. The summed E-state index contributed by atoms with van der Waals surface area (Å²) in [6.07, 6.45) is 0. The molecule has 0 unspecified atom stereocenters. The van der Waals surface area contributed by atoms with Crippen molar-refractivity contribution >= 4 is 31.6 Å². The van der Waals surface area contributed by atoms with Gasteiger partial charge in [0.1, 0.15) is 5.82 Å². The third-order valence-electron chi connectivity index (χ3n) is 2.95. The average molecular weight is 373 g/mol. The molecule has 0 atom stereocenters. The molecular formula is C14H14BrFN2O2S. The number of anilines is 1. The molecule has 0 spiro atoms. The van der Waals surface area contributed by atoms with Gasteiger partial charge in [-0.05, 0) is 58.2 Å². The van der Waals surface area contributed by atoms with E-state index in [1.807, 2.05) is 0 Å². The second-order valence-electron chi connectivity index (χ2n) is 4.54. The lowest BCUT2D eigenvalue weighted by atomic mass is 10.1. The first kappa shape index (κ1) is 15.9. The van der Waals surface area contributed by atoms with Gasteiger partial charge >= 0.3 is 0 Å². The number of hydrogen-bond acceptors (Lipinski definition) is 3. The largest absolute Gasteiger partial charge is 0.326 e. The van der Waals surface area contributed by atoms with Crippen molar-refractivity contribution in [2.24, 2.45) is 5.73 Å². The molecule has 2 aromatic carbocycles. The van der Waals surface area contributed by atoms with E-state index in [0.717, 1.165) is 5.56 Å². The van der Waals surface area contributed by atoms with Crippen LogP contribution in [-0.4, -0.2) is 8.42 Å². The van der Waals surface area contributed by atoms with Gasteiger partial charge in [-0.3, -0.25) is 4.72 Å². The van der Waals surface area contributed by atoms with Crippen molar-refractivity contribution in [3.05, 3.63) is 57.8 Å². The Hall–Kier alpha value is -1.44. The SMILES string of the molecule is Cc1ccc(CN)cc1S(=O)(=O)Nc1ccc(F)c(Br)c1. The number of nitrogens with two attached hydrogens (primary N) is 1. The van der Waals surface area contributed by atoms with E-state index in [9.17, 15) is 12.8 Å². The van der Waals surface area contributed by atoms with E-state index in [-0.39, 0.29) is 21.6 Å². The molecule has 112 valence electrons. The fraction of sp³-hybridized carbons (Fsp3) is 0.143. The maximum atomic E-state index is 13.2. The summed E-state index contributed by atoms with van der Waals surface area (Å²) in [5, 5.41) is 0. The summed E-state index contributed by atoms with van der Waals surface area (Å²) in [6, 6.07) is 8.94. The maximum absolute atomic E-state index is 13.2. The van der Waals surface area contributed by atoms with Gasteiger partial charge in [-0.2, -0.15) is 0 Å². The zero-order valence-electron chi connectivity index (χ0n) is 11.2. The van der Waals surface area contributed by atoms with Crippen LogP contribution in [0.2, 0.25) is 0 Å². The monoisotopic (exact) mass is 372 g/mol. The molecule has 0 radical (unpaired) electrons. The second-order valence-corrected chi connectivity index (χ2v) is 7.04. The normalized spacial score (nSPS) is 11.4. The summed E-state index contributed by atoms with van der Waals surface area (Å²) in [7, 11) is -3.76. The molecule has 3 N–H and O–H groups in total. The van der Waals surface area contributed by atoms with Crippen LogP contribution in [0.4, 0.5) is 10.1 Å². The minimum absolute atomic E-state index is 0.158.